The Labute approximate surface area is 178 Å². The van der Waals surface area contributed by atoms with E-state index in [1.807, 2.05) is 12.1 Å². The van der Waals surface area contributed by atoms with E-state index in [2.05, 4.69) is 58.3 Å². The summed E-state index contributed by atoms with van der Waals surface area (Å²) >= 11 is 4.51. The first kappa shape index (κ1) is 21.4. The molecule has 1 aliphatic rings. The van der Waals surface area contributed by atoms with Crippen LogP contribution in [-0.4, -0.2) is 10.1 Å². The average molecular weight is 407 g/mol. The highest BCUT2D eigenvalue weighted by Crippen LogP contribution is 2.37. The van der Waals surface area contributed by atoms with Crippen LogP contribution in [0.25, 0.3) is 0 Å². The molecule has 0 spiro atoms. The maximum Gasteiger partial charge on any atom is 0.159 e. The van der Waals surface area contributed by atoms with Crippen molar-refractivity contribution in [2.24, 2.45) is 10.9 Å². The van der Waals surface area contributed by atoms with E-state index in [1.54, 1.807) is 0 Å². The van der Waals surface area contributed by atoms with Crippen LogP contribution >= 0.6 is 12.2 Å². The summed E-state index contributed by atoms with van der Waals surface area (Å²) < 4.78 is 14.0. The molecule has 2 aromatic rings. The maximum absolute atomic E-state index is 14.0. The van der Waals surface area contributed by atoms with Crippen LogP contribution in [0.15, 0.2) is 41.5 Å². The van der Waals surface area contributed by atoms with Gasteiger partial charge < -0.3 is 0 Å². The highest BCUT2D eigenvalue weighted by Gasteiger charge is 2.21. The van der Waals surface area contributed by atoms with Gasteiger partial charge in [-0.25, -0.2) is 9.37 Å². The van der Waals surface area contributed by atoms with Gasteiger partial charge in [0.15, 0.2) is 5.82 Å². The van der Waals surface area contributed by atoms with Crippen LogP contribution in [0.2, 0.25) is 0 Å². The van der Waals surface area contributed by atoms with Crippen molar-refractivity contribution in [3.8, 4) is 11.8 Å². The highest BCUT2D eigenvalue weighted by molar-refractivity contribution is 7.78. The van der Waals surface area contributed by atoms with Crippen molar-refractivity contribution in [3.63, 3.8) is 0 Å². The van der Waals surface area contributed by atoms with E-state index in [-0.39, 0.29) is 5.69 Å². The van der Waals surface area contributed by atoms with Crippen molar-refractivity contribution in [1.29, 1.82) is 0 Å². The van der Waals surface area contributed by atoms with Gasteiger partial charge in [-0.15, -0.1) is 0 Å². The van der Waals surface area contributed by atoms with Gasteiger partial charge in [-0.05, 0) is 73.4 Å². The SMILES string of the molecule is CCCCCC1CCC(c2ccc(C#Cc3ncc(N=C=S)cc3F)cc2)CC1. The summed E-state index contributed by atoms with van der Waals surface area (Å²) in [4.78, 5) is 7.73. The van der Waals surface area contributed by atoms with Gasteiger partial charge in [-0.2, -0.15) is 4.99 Å². The predicted molar refractivity (Wildman–Crippen MR) is 120 cm³/mol. The number of aromatic nitrogens is 1. The summed E-state index contributed by atoms with van der Waals surface area (Å²) in [5.74, 6) is 6.88. The Kier molecular flexibility index (Phi) is 8.11. The lowest BCUT2D eigenvalue weighted by atomic mass is 9.77. The molecule has 1 aromatic carbocycles. The summed E-state index contributed by atoms with van der Waals surface area (Å²) in [7, 11) is 0. The Morgan fingerprint density at radius 1 is 1.10 bits per heavy atom. The minimum atomic E-state index is -0.503. The molecule has 0 bridgehead atoms. The Balaban J connectivity index is 1.58. The molecule has 0 N–H and O–H groups in total. The summed E-state index contributed by atoms with van der Waals surface area (Å²) in [6.45, 7) is 2.27. The Morgan fingerprint density at radius 2 is 1.86 bits per heavy atom. The van der Waals surface area contributed by atoms with Gasteiger partial charge in [0, 0.05) is 11.6 Å². The van der Waals surface area contributed by atoms with Crippen LogP contribution in [-0.2, 0) is 0 Å². The first-order valence-electron chi connectivity index (χ1n) is 10.5. The maximum atomic E-state index is 14.0. The number of thiocarbonyl (C=S) groups is 1. The van der Waals surface area contributed by atoms with E-state index in [1.165, 1.54) is 69.2 Å². The molecule has 29 heavy (non-hydrogen) atoms. The molecule has 1 fully saturated rings. The number of halogens is 1. The first-order chi connectivity index (χ1) is 14.2. The fraction of sp³-hybridized carbons (Fsp3) is 0.440. The van der Waals surface area contributed by atoms with E-state index in [0.29, 0.717) is 11.6 Å². The Bertz CT molecular complexity index is 912. The molecule has 0 atom stereocenters. The molecule has 0 saturated heterocycles. The molecule has 0 amide bonds. The quantitative estimate of drug-likeness (QED) is 0.219. The second-order valence-corrected chi connectivity index (χ2v) is 8.00. The highest BCUT2D eigenvalue weighted by atomic mass is 32.1. The van der Waals surface area contributed by atoms with Crippen LogP contribution < -0.4 is 0 Å². The fourth-order valence-corrected chi connectivity index (χ4v) is 4.18. The molecule has 0 unspecified atom stereocenters. The lowest BCUT2D eigenvalue weighted by Crippen LogP contribution is -2.13. The van der Waals surface area contributed by atoms with Crippen LogP contribution in [0.3, 0.4) is 0 Å². The summed E-state index contributed by atoms with van der Waals surface area (Å²) in [6, 6.07) is 9.66. The molecule has 1 aliphatic carbocycles. The largest absolute Gasteiger partial charge is 0.242 e. The van der Waals surface area contributed by atoms with E-state index in [9.17, 15) is 4.39 Å². The van der Waals surface area contributed by atoms with Crippen molar-refractivity contribution in [2.45, 2.75) is 64.2 Å². The van der Waals surface area contributed by atoms with Crippen molar-refractivity contribution in [2.75, 3.05) is 0 Å². The third-order valence-corrected chi connectivity index (χ3v) is 5.86. The number of pyridine rings is 1. The van der Waals surface area contributed by atoms with Crippen LogP contribution in [0.5, 0.6) is 0 Å². The summed E-state index contributed by atoms with van der Waals surface area (Å²) in [5, 5.41) is 2.20. The first-order valence-corrected chi connectivity index (χ1v) is 11.0. The normalized spacial score (nSPS) is 18.4. The molecule has 0 aliphatic heterocycles. The third kappa shape index (κ3) is 6.32. The molecule has 0 radical (unpaired) electrons. The number of aliphatic imine (C=N–C) groups is 1. The smallest absolute Gasteiger partial charge is 0.159 e. The zero-order chi connectivity index (χ0) is 20.5. The molecule has 1 saturated carbocycles. The number of rotatable bonds is 6. The lowest BCUT2D eigenvalue weighted by molar-refractivity contribution is 0.303. The Morgan fingerprint density at radius 3 is 2.52 bits per heavy atom. The molecule has 4 heteroatoms. The standard InChI is InChI=1S/C25H27FN2S/c1-2-3-4-5-19-6-11-21(12-7-19)22-13-8-20(9-14-22)10-15-25-24(26)16-23(17-27-25)28-18-29/h8-9,13-14,16-17,19,21H,2-7,11-12H2,1H3. The van der Waals surface area contributed by atoms with Crippen LogP contribution in [0.4, 0.5) is 10.1 Å². The average Bonchev–Trinajstić information content (AvgIpc) is 2.75. The molecule has 2 nitrogen and oxygen atoms in total. The van der Waals surface area contributed by atoms with Crippen molar-refractivity contribution in [1.82, 2.24) is 4.98 Å². The second kappa shape index (κ2) is 11.0. The number of hydrogen-bond donors (Lipinski definition) is 0. The van der Waals surface area contributed by atoms with Gasteiger partial charge in [0.05, 0.1) is 17.0 Å². The van der Waals surface area contributed by atoms with Gasteiger partial charge in [0.2, 0.25) is 0 Å². The monoisotopic (exact) mass is 406 g/mol. The van der Waals surface area contributed by atoms with Crippen molar-refractivity contribution >= 4 is 23.1 Å². The molecule has 150 valence electrons. The summed E-state index contributed by atoms with van der Waals surface area (Å²) in [6.07, 6.45) is 12.2. The summed E-state index contributed by atoms with van der Waals surface area (Å²) in [5.41, 5.74) is 2.71. The number of isothiocyanates is 1. The number of hydrogen-bond acceptors (Lipinski definition) is 3. The van der Waals surface area contributed by atoms with Gasteiger partial charge in [-0.3, -0.25) is 0 Å². The van der Waals surface area contributed by atoms with Gasteiger partial charge in [0.25, 0.3) is 0 Å². The third-order valence-electron chi connectivity index (χ3n) is 5.77. The van der Waals surface area contributed by atoms with Gasteiger partial charge in [-0.1, -0.05) is 50.7 Å². The molecule has 1 aromatic heterocycles. The van der Waals surface area contributed by atoms with Crippen LogP contribution in [0.1, 0.15) is 81.0 Å². The van der Waals surface area contributed by atoms with Crippen LogP contribution in [0, 0.1) is 23.6 Å². The zero-order valence-corrected chi connectivity index (χ0v) is 17.8. The van der Waals surface area contributed by atoms with Gasteiger partial charge in [0.1, 0.15) is 5.69 Å². The van der Waals surface area contributed by atoms with E-state index in [4.69, 9.17) is 0 Å². The van der Waals surface area contributed by atoms with Crippen molar-refractivity contribution in [3.05, 3.63) is 59.2 Å². The lowest BCUT2D eigenvalue weighted by Gasteiger charge is -2.29. The van der Waals surface area contributed by atoms with Gasteiger partial charge >= 0.3 is 0 Å². The second-order valence-electron chi connectivity index (χ2n) is 7.81. The number of unbranched alkanes of at least 4 members (excludes halogenated alkanes) is 2. The zero-order valence-electron chi connectivity index (χ0n) is 17.0. The number of nitrogens with zero attached hydrogens (tertiary/aromatic N) is 2. The molecule has 3 rings (SSSR count). The minimum Gasteiger partial charge on any atom is -0.242 e. The van der Waals surface area contributed by atoms with E-state index in [0.717, 1.165) is 11.5 Å². The predicted octanol–water partition coefficient (Wildman–Crippen LogP) is 7.21. The topological polar surface area (TPSA) is 25.2 Å². The fourth-order valence-electron chi connectivity index (χ4n) is 4.07. The van der Waals surface area contributed by atoms with Crippen molar-refractivity contribution < 1.29 is 4.39 Å². The molecular formula is C25H27FN2S. The molecule has 1 heterocycles. The Hall–Kier alpha value is -2.34. The van der Waals surface area contributed by atoms with E-state index < -0.39 is 5.82 Å². The van der Waals surface area contributed by atoms with E-state index >= 15 is 0 Å². The molecular weight excluding hydrogens is 379 g/mol. The minimum absolute atomic E-state index is 0.110. The number of benzene rings is 1.